The van der Waals surface area contributed by atoms with Gasteiger partial charge in [0.25, 0.3) is 0 Å². The van der Waals surface area contributed by atoms with Crippen LogP contribution in [0.25, 0.3) is 27.5 Å². The molecule has 6 rings (SSSR count). The Morgan fingerprint density at radius 1 is 1.00 bits per heavy atom. The summed E-state index contributed by atoms with van der Waals surface area (Å²) >= 11 is 0.831. The highest BCUT2D eigenvalue weighted by atomic mass is 32.2. The van der Waals surface area contributed by atoms with Crippen molar-refractivity contribution < 1.29 is 35.9 Å². The zero-order valence-corrected chi connectivity index (χ0v) is 24.2. The van der Waals surface area contributed by atoms with Gasteiger partial charge >= 0.3 is 12.1 Å². The number of alkyl halides is 3. The minimum atomic E-state index is -4.70. The first-order chi connectivity index (χ1) is 20.8. The normalized spacial score (nSPS) is 14.5. The van der Waals surface area contributed by atoms with Crippen LogP contribution < -0.4 is 5.14 Å². The zero-order chi connectivity index (χ0) is 31.4. The van der Waals surface area contributed by atoms with E-state index in [0.717, 1.165) is 39.3 Å². The van der Waals surface area contributed by atoms with Crippen molar-refractivity contribution in [3.8, 4) is 27.5 Å². The molecule has 0 saturated heterocycles. The first-order valence-electron chi connectivity index (χ1n) is 13.1. The number of hydrogen-bond acceptors (Lipinski definition) is 6. The molecule has 2 aromatic heterocycles. The number of aromatic nitrogens is 3. The van der Waals surface area contributed by atoms with Gasteiger partial charge in [-0.15, -0.1) is 11.3 Å². The number of nitrogens with zero attached hydrogens (tertiary/aromatic N) is 3. The number of carboxylic acids is 1. The van der Waals surface area contributed by atoms with Gasteiger partial charge in [0.15, 0.2) is 5.69 Å². The fourth-order valence-electron chi connectivity index (χ4n) is 5.28. The topological polar surface area (TPSA) is 128 Å². The molecule has 0 spiro atoms. The van der Waals surface area contributed by atoms with Gasteiger partial charge in [-0.3, -0.25) is 0 Å². The Morgan fingerprint density at radius 3 is 2.27 bits per heavy atom. The van der Waals surface area contributed by atoms with Crippen LogP contribution in [-0.2, 0) is 21.9 Å². The van der Waals surface area contributed by atoms with Crippen molar-refractivity contribution in [3.05, 3.63) is 107 Å². The van der Waals surface area contributed by atoms with Crippen molar-refractivity contribution in [1.29, 1.82) is 0 Å². The van der Waals surface area contributed by atoms with Crippen LogP contribution in [0.4, 0.5) is 17.6 Å². The second-order valence-electron chi connectivity index (χ2n) is 10.4. The van der Waals surface area contributed by atoms with Crippen LogP contribution in [0.15, 0.2) is 83.1 Å². The fraction of sp³-hybridized carbons (Fsp3) is 0.167. The minimum absolute atomic E-state index is 0.0737. The molecule has 226 valence electrons. The van der Waals surface area contributed by atoms with Gasteiger partial charge in [0.2, 0.25) is 15.2 Å². The van der Waals surface area contributed by atoms with Gasteiger partial charge in [-0.1, -0.05) is 54.6 Å². The lowest BCUT2D eigenvalue weighted by atomic mass is 9.90. The number of carboxylic acid groups (broad SMARTS) is 1. The maximum Gasteiger partial charge on any atom is 0.399 e. The number of rotatable bonds is 8. The molecule has 0 atom stereocenters. The van der Waals surface area contributed by atoms with E-state index in [-0.39, 0.29) is 52.6 Å². The number of aromatic carboxylic acids is 1. The molecular formula is C30H22F4N4O4S2. The number of sulfonamides is 1. The molecule has 1 aliphatic rings. The first-order valence-corrected chi connectivity index (χ1v) is 15.6. The number of benzene rings is 3. The summed E-state index contributed by atoms with van der Waals surface area (Å²) < 4.78 is 83.8. The molecule has 0 bridgehead atoms. The maximum atomic E-state index is 14.9. The predicted octanol–water partition coefficient (Wildman–Crippen LogP) is 6.33. The van der Waals surface area contributed by atoms with E-state index in [4.69, 9.17) is 5.14 Å². The van der Waals surface area contributed by atoms with E-state index in [0.29, 0.717) is 5.56 Å². The van der Waals surface area contributed by atoms with E-state index in [1.807, 2.05) is 36.4 Å². The molecule has 5 aromatic rings. The Hall–Kier alpha value is -4.40. The van der Waals surface area contributed by atoms with Gasteiger partial charge in [-0.2, -0.15) is 18.3 Å². The van der Waals surface area contributed by atoms with E-state index in [1.165, 1.54) is 11.4 Å². The summed E-state index contributed by atoms with van der Waals surface area (Å²) in [4.78, 5) is 14.9. The molecule has 1 fully saturated rings. The van der Waals surface area contributed by atoms with Crippen molar-refractivity contribution >= 4 is 27.3 Å². The summed E-state index contributed by atoms with van der Waals surface area (Å²) in [6.07, 6.45) is -5.43. The Kier molecular flexibility index (Phi) is 7.18. The van der Waals surface area contributed by atoms with Crippen molar-refractivity contribution in [1.82, 2.24) is 14.8 Å². The summed E-state index contributed by atoms with van der Waals surface area (Å²) in [5.41, 5.74) is -0.319. The van der Waals surface area contributed by atoms with Crippen molar-refractivity contribution in [2.45, 2.75) is 35.7 Å². The van der Waals surface area contributed by atoms with Gasteiger partial charge in [-0.25, -0.2) is 32.4 Å². The molecule has 0 unspecified atom stereocenters. The highest BCUT2D eigenvalue weighted by molar-refractivity contribution is 7.89. The molecule has 1 saturated carbocycles. The monoisotopic (exact) mass is 642 g/mol. The number of carbonyl (C=O) groups is 1. The third-order valence-corrected chi connectivity index (χ3v) is 9.31. The van der Waals surface area contributed by atoms with E-state index in [2.05, 4.69) is 10.1 Å². The third-order valence-electron chi connectivity index (χ3n) is 7.55. The average molecular weight is 643 g/mol. The van der Waals surface area contributed by atoms with Crippen LogP contribution in [0.5, 0.6) is 0 Å². The SMILES string of the molecule is NS(=O)(=O)c1ccc(Cc2c(-c3cccc(-c4ccccc4)c3)nn(-c3nc(C(=O)O)cs3)c2C2(C(F)(F)F)CC2)cc1F. The fourth-order valence-corrected chi connectivity index (χ4v) is 6.63. The number of primary sulfonamides is 1. The van der Waals surface area contributed by atoms with Crippen molar-refractivity contribution in [3.63, 3.8) is 0 Å². The van der Waals surface area contributed by atoms with Crippen LogP contribution >= 0.6 is 11.3 Å². The molecule has 8 nitrogen and oxygen atoms in total. The standard InChI is InChI=1S/C30H22F4N4O4S2/c31-22-14-17(9-10-24(22)44(35,41)42)13-21-25(20-8-4-7-19(15-20)18-5-2-1-3-6-18)37-38(28-36-23(16-43-28)27(39)40)26(21)29(11-12-29)30(32,33)34/h1-10,14-16H,11-13H2,(H,39,40)(H2,35,41,42). The predicted molar refractivity (Wildman–Crippen MR) is 155 cm³/mol. The maximum absolute atomic E-state index is 14.9. The van der Waals surface area contributed by atoms with Gasteiger partial charge in [0.05, 0.1) is 11.4 Å². The molecule has 3 N–H and O–H groups in total. The molecule has 1 aliphatic carbocycles. The molecule has 44 heavy (non-hydrogen) atoms. The number of nitrogens with two attached hydrogens (primary N) is 1. The van der Waals surface area contributed by atoms with Crippen LogP contribution in [0, 0.1) is 5.82 Å². The van der Waals surface area contributed by atoms with Crippen LogP contribution in [0.2, 0.25) is 0 Å². The van der Waals surface area contributed by atoms with Crippen molar-refractivity contribution in [2.75, 3.05) is 0 Å². The van der Waals surface area contributed by atoms with Gasteiger partial charge in [-0.05, 0) is 47.7 Å². The summed E-state index contributed by atoms with van der Waals surface area (Å²) in [7, 11) is -4.38. The third kappa shape index (κ3) is 5.29. The Morgan fingerprint density at radius 2 is 1.68 bits per heavy atom. The molecule has 2 heterocycles. The van der Waals surface area contributed by atoms with Gasteiger partial charge < -0.3 is 5.11 Å². The average Bonchev–Trinajstić information content (AvgIpc) is 3.48. The first kappa shape index (κ1) is 29.7. The van der Waals surface area contributed by atoms with E-state index < -0.39 is 38.3 Å². The number of thiazole rings is 1. The molecule has 0 amide bonds. The van der Waals surface area contributed by atoms with Gasteiger partial charge in [0.1, 0.15) is 16.1 Å². The van der Waals surface area contributed by atoms with Gasteiger partial charge in [0, 0.05) is 22.9 Å². The van der Waals surface area contributed by atoms with Crippen LogP contribution in [0.1, 0.15) is 40.2 Å². The Bertz CT molecular complexity index is 2020. The van der Waals surface area contributed by atoms with E-state index >= 15 is 0 Å². The number of halogens is 4. The largest absolute Gasteiger partial charge is 0.476 e. The molecular weight excluding hydrogens is 620 g/mol. The smallest absolute Gasteiger partial charge is 0.399 e. The molecule has 0 radical (unpaired) electrons. The highest BCUT2D eigenvalue weighted by Crippen LogP contribution is 2.61. The lowest BCUT2D eigenvalue weighted by molar-refractivity contribution is -0.162. The second kappa shape index (κ2) is 10.6. The molecule has 0 aliphatic heterocycles. The molecule has 14 heteroatoms. The van der Waals surface area contributed by atoms with E-state index in [9.17, 15) is 35.9 Å². The molecule has 3 aromatic carbocycles. The quantitative estimate of drug-likeness (QED) is 0.190. The lowest BCUT2D eigenvalue weighted by Gasteiger charge is -2.22. The Labute approximate surface area is 252 Å². The highest BCUT2D eigenvalue weighted by Gasteiger charge is 2.67. The van der Waals surface area contributed by atoms with Crippen molar-refractivity contribution in [2.24, 2.45) is 5.14 Å². The van der Waals surface area contributed by atoms with E-state index in [1.54, 1.807) is 18.2 Å². The summed E-state index contributed by atoms with van der Waals surface area (Å²) in [6, 6.07) is 19.5. The van der Waals surface area contributed by atoms with Crippen LogP contribution in [-0.4, -0.2) is 40.4 Å². The summed E-state index contributed by atoms with van der Waals surface area (Å²) in [5, 5.41) is 20.3. The number of hydrogen-bond donors (Lipinski definition) is 2. The summed E-state index contributed by atoms with van der Waals surface area (Å²) in [6.45, 7) is 0. The Balaban J connectivity index is 1.61. The lowest BCUT2D eigenvalue weighted by Crippen LogP contribution is -2.32. The zero-order valence-electron chi connectivity index (χ0n) is 22.5. The second-order valence-corrected chi connectivity index (χ2v) is 12.8. The minimum Gasteiger partial charge on any atom is -0.476 e. The summed E-state index contributed by atoms with van der Waals surface area (Å²) in [5.74, 6) is -2.49. The van der Waals surface area contributed by atoms with Crippen LogP contribution in [0.3, 0.4) is 0 Å².